The van der Waals surface area contributed by atoms with Gasteiger partial charge in [-0.15, -0.1) is 0 Å². The Morgan fingerprint density at radius 3 is 1.89 bits per heavy atom. The van der Waals surface area contributed by atoms with Crippen LogP contribution in [0, 0.1) is 0 Å². The van der Waals surface area contributed by atoms with Gasteiger partial charge in [0.25, 0.3) is 0 Å². The first-order valence-electron chi connectivity index (χ1n) is 9.29. The highest BCUT2D eigenvalue weighted by molar-refractivity contribution is 6.12. The first kappa shape index (κ1) is 19.3. The van der Waals surface area contributed by atoms with Crippen LogP contribution < -0.4 is 0 Å². The lowest BCUT2D eigenvalue weighted by atomic mass is 10.0. The van der Waals surface area contributed by atoms with Crippen molar-refractivity contribution in [3.8, 4) is 0 Å². The van der Waals surface area contributed by atoms with Crippen molar-refractivity contribution >= 4 is 33.4 Å². The van der Waals surface area contributed by atoms with Gasteiger partial charge in [-0.3, -0.25) is 9.59 Å². The average molecular weight is 366 g/mol. The first-order chi connectivity index (χ1) is 12.9. The largest absolute Gasteiger partial charge is 0.395 e. The zero-order valence-electron chi connectivity index (χ0n) is 16.2. The number of hydrogen-bond acceptors (Lipinski definition) is 4. The van der Waals surface area contributed by atoms with Crippen molar-refractivity contribution in [2.24, 2.45) is 0 Å². The first-order valence-corrected chi connectivity index (χ1v) is 9.29. The third-order valence-corrected chi connectivity index (χ3v) is 5.08. The summed E-state index contributed by atoms with van der Waals surface area (Å²) in [6.45, 7) is 5.68. The molecule has 5 heteroatoms. The fraction of sp³-hybridized carbons (Fsp3) is 0.364. The van der Waals surface area contributed by atoms with Gasteiger partial charge in [-0.25, -0.2) is 0 Å². The zero-order chi connectivity index (χ0) is 19.6. The predicted molar refractivity (Wildman–Crippen MR) is 109 cm³/mol. The molecule has 1 heterocycles. The van der Waals surface area contributed by atoms with Crippen LogP contribution in [0.1, 0.15) is 41.0 Å². The van der Waals surface area contributed by atoms with E-state index in [1.807, 2.05) is 43.4 Å². The van der Waals surface area contributed by atoms with Crippen LogP contribution in [0.5, 0.6) is 0 Å². The molecule has 0 saturated carbocycles. The number of hydrogen-bond donors (Lipinski definition) is 1. The van der Waals surface area contributed by atoms with E-state index >= 15 is 0 Å². The van der Waals surface area contributed by atoms with Crippen molar-refractivity contribution in [2.45, 2.75) is 26.8 Å². The number of carbonyl (C=O) groups excluding carboxylic acids is 2. The third-order valence-electron chi connectivity index (χ3n) is 5.08. The van der Waals surface area contributed by atoms with E-state index < -0.39 is 0 Å². The summed E-state index contributed by atoms with van der Waals surface area (Å²) in [6, 6.07) is 11.6. The van der Waals surface area contributed by atoms with Crippen LogP contribution in [-0.4, -0.2) is 52.9 Å². The molecule has 0 aliphatic carbocycles. The summed E-state index contributed by atoms with van der Waals surface area (Å²) in [5.74, 6) is 0.0669. The molecule has 0 radical (unpaired) electrons. The summed E-state index contributed by atoms with van der Waals surface area (Å²) < 4.78 is 2.26. The molecule has 0 fully saturated rings. The van der Waals surface area contributed by atoms with E-state index in [9.17, 15) is 9.59 Å². The lowest BCUT2D eigenvalue weighted by molar-refractivity contribution is 0.100. The summed E-state index contributed by atoms with van der Waals surface area (Å²) in [6.07, 6.45) is 0.943. The summed E-state index contributed by atoms with van der Waals surface area (Å²) in [7, 11) is 2.00. The second-order valence-corrected chi connectivity index (χ2v) is 7.11. The van der Waals surface area contributed by atoms with Crippen LogP contribution in [0.4, 0.5) is 0 Å². The van der Waals surface area contributed by atoms with E-state index in [1.165, 1.54) is 0 Å². The van der Waals surface area contributed by atoms with E-state index in [1.54, 1.807) is 13.8 Å². The number of rotatable bonds is 8. The van der Waals surface area contributed by atoms with Crippen LogP contribution in [-0.2, 0) is 6.54 Å². The predicted octanol–water partition coefficient (Wildman–Crippen LogP) is 3.51. The quantitative estimate of drug-likeness (QED) is 0.620. The molecule has 0 aliphatic rings. The summed E-state index contributed by atoms with van der Waals surface area (Å²) >= 11 is 0. The molecule has 0 unspecified atom stereocenters. The van der Waals surface area contributed by atoms with Gasteiger partial charge in [0, 0.05) is 46.0 Å². The maximum Gasteiger partial charge on any atom is 0.159 e. The number of fused-ring (bicyclic) bond motifs is 3. The maximum atomic E-state index is 11.8. The number of aromatic nitrogens is 1. The average Bonchev–Trinajstić information content (AvgIpc) is 2.94. The smallest absolute Gasteiger partial charge is 0.159 e. The van der Waals surface area contributed by atoms with E-state index in [0.29, 0.717) is 17.7 Å². The third kappa shape index (κ3) is 3.94. The van der Waals surface area contributed by atoms with Gasteiger partial charge in [-0.2, -0.15) is 0 Å². The molecule has 0 spiro atoms. The molecular formula is C22H26N2O3. The molecule has 27 heavy (non-hydrogen) atoms. The number of nitrogens with zero attached hydrogens (tertiary/aromatic N) is 2. The molecule has 5 nitrogen and oxygen atoms in total. The molecule has 3 aromatic rings. The van der Waals surface area contributed by atoms with E-state index in [0.717, 1.165) is 41.3 Å². The summed E-state index contributed by atoms with van der Waals surface area (Å²) in [4.78, 5) is 25.8. The molecule has 0 saturated heterocycles. The standard InChI is InChI=1S/C22H26N2O3/c1-15(26)17-5-7-21-19(13-17)20-14-18(16(2)27)6-8-22(20)24(21)10-4-9-23(3)11-12-25/h5-8,13-14,25H,4,9-12H2,1-3H3. The lowest BCUT2D eigenvalue weighted by Gasteiger charge is -2.15. The van der Waals surface area contributed by atoms with E-state index in [4.69, 9.17) is 5.11 Å². The topological polar surface area (TPSA) is 62.5 Å². The Morgan fingerprint density at radius 2 is 1.44 bits per heavy atom. The van der Waals surface area contributed by atoms with E-state index in [2.05, 4.69) is 9.47 Å². The van der Waals surface area contributed by atoms with Crippen molar-refractivity contribution in [3.63, 3.8) is 0 Å². The molecule has 3 rings (SSSR count). The van der Waals surface area contributed by atoms with Crippen LogP contribution in [0.3, 0.4) is 0 Å². The zero-order valence-corrected chi connectivity index (χ0v) is 16.2. The fourth-order valence-electron chi connectivity index (χ4n) is 3.56. The Balaban J connectivity index is 2.07. The van der Waals surface area contributed by atoms with Crippen molar-refractivity contribution in [2.75, 3.05) is 26.7 Å². The SMILES string of the molecule is CC(=O)c1ccc2c(c1)c1cc(C(C)=O)ccc1n2CCCN(C)CCO. The minimum absolute atomic E-state index is 0.0335. The minimum Gasteiger partial charge on any atom is -0.395 e. The van der Waals surface area contributed by atoms with Gasteiger partial charge in [0.15, 0.2) is 11.6 Å². The molecule has 0 bridgehead atoms. The number of aliphatic hydroxyl groups is 1. The van der Waals surface area contributed by atoms with Crippen LogP contribution in [0.25, 0.3) is 21.8 Å². The highest BCUT2D eigenvalue weighted by Crippen LogP contribution is 2.31. The van der Waals surface area contributed by atoms with Gasteiger partial charge in [-0.1, -0.05) is 0 Å². The normalized spacial score (nSPS) is 11.6. The Morgan fingerprint density at radius 1 is 0.926 bits per heavy atom. The maximum absolute atomic E-state index is 11.8. The van der Waals surface area contributed by atoms with Gasteiger partial charge >= 0.3 is 0 Å². The van der Waals surface area contributed by atoms with Crippen LogP contribution in [0.15, 0.2) is 36.4 Å². The number of likely N-dealkylation sites (N-methyl/N-ethyl adjacent to an activating group) is 1. The van der Waals surface area contributed by atoms with Crippen LogP contribution in [0.2, 0.25) is 0 Å². The summed E-state index contributed by atoms with van der Waals surface area (Å²) in [5.41, 5.74) is 3.50. The Labute approximate surface area is 159 Å². The summed E-state index contributed by atoms with van der Waals surface area (Å²) in [5, 5.41) is 11.1. The monoisotopic (exact) mass is 366 g/mol. The number of carbonyl (C=O) groups is 2. The molecule has 0 atom stereocenters. The van der Waals surface area contributed by atoms with Crippen LogP contribution >= 0.6 is 0 Å². The molecule has 1 aromatic heterocycles. The Bertz CT molecular complexity index is 932. The van der Waals surface area contributed by atoms with Gasteiger partial charge in [0.05, 0.1) is 6.61 Å². The lowest BCUT2D eigenvalue weighted by Crippen LogP contribution is -2.24. The number of benzene rings is 2. The number of ketones is 2. The molecule has 2 aromatic carbocycles. The van der Waals surface area contributed by atoms with Crippen molar-refractivity contribution in [1.82, 2.24) is 9.47 Å². The number of Topliss-reactive ketones (excluding diaryl/α,β-unsaturated/α-hetero) is 2. The van der Waals surface area contributed by atoms with Crippen molar-refractivity contribution < 1.29 is 14.7 Å². The van der Waals surface area contributed by atoms with Gasteiger partial charge in [0.1, 0.15) is 0 Å². The highest BCUT2D eigenvalue weighted by atomic mass is 16.3. The van der Waals surface area contributed by atoms with Crippen molar-refractivity contribution in [3.05, 3.63) is 47.5 Å². The molecule has 142 valence electrons. The van der Waals surface area contributed by atoms with E-state index in [-0.39, 0.29) is 18.2 Å². The van der Waals surface area contributed by atoms with Gasteiger partial charge in [-0.05, 0) is 70.3 Å². The Hall–Kier alpha value is -2.50. The second-order valence-electron chi connectivity index (χ2n) is 7.11. The minimum atomic E-state index is 0.0335. The highest BCUT2D eigenvalue weighted by Gasteiger charge is 2.14. The molecule has 0 amide bonds. The van der Waals surface area contributed by atoms with Gasteiger partial charge in [0.2, 0.25) is 0 Å². The number of aliphatic hydroxyl groups excluding tert-OH is 1. The van der Waals surface area contributed by atoms with Crippen molar-refractivity contribution in [1.29, 1.82) is 0 Å². The molecule has 1 N–H and O–H groups in total. The second kappa shape index (κ2) is 8.03. The Kier molecular flexibility index (Phi) is 5.73. The molecule has 0 aliphatic heterocycles. The fourth-order valence-corrected chi connectivity index (χ4v) is 3.56. The molecular weight excluding hydrogens is 340 g/mol. The number of aryl methyl sites for hydroxylation is 1. The van der Waals surface area contributed by atoms with Gasteiger partial charge < -0.3 is 14.6 Å².